The smallest absolute Gasteiger partial charge is 0.249 e. The normalized spacial score (nSPS) is 25.0. The average Bonchev–Trinajstić information content (AvgIpc) is 3.11. The van der Waals surface area contributed by atoms with Gasteiger partial charge in [-0.15, -0.1) is 10.2 Å². The molecule has 0 bridgehead atoms. The first-order valence-corrected chi connectivity index (χ1v) is 9.99. The van der Waals surface area contributed by atoms with E-state index in [0.29, 0.717) is 17.6 Å². The monoisotopic (exact) mass is 348 g/mol. The molecule has 0 aromatic carbocycles. The van der Waals surface area contributed by atoms with Crippen LogP contribution in [0.5, 0.6) is 0 Å². The van der Waals surface area contributed by atoms with Crippen LogP contribution in [0.25, 0.3) is 0 Å². The molecule has 6 nitrogen and oxygen atoms in total. The zero-order valence-corrected chi connectivity index (χ0v) is 14.7. The van der Waals surface area contributed by atoms with Crippen molar-refractivity contribution in [1.29, 1.82) is 0 Å². The first-order chi connectivity index (χ1) is 11.7. The molecule has 0 radical (unpaired) electrons. The molecule has 1 aromatic heterocycles. The number of nitrogens with one attached hydrogen (secondary N) is 1. The number of piperidine rings is 1. The summed E-state index contributed by atoms with van der Waals surface area (Å²) in [5, 5.41) is 12.8. The molecule has 2 aliphatic carbocycles. The summed E-state index contributed by atoms with van der Waals surface area (Å²) >= 11 is 1.47. The molecule has 1 saturated heterocycles. The summed E-state index contributed by atoms with van der Waals surface area (Å²) in [6, 6.07) is -0.347. The molecule has 1 aliphatic heterocycles. The maximum absolute atomic E-state index is 12.8. The van der Waals surface area contributed by atoms with Crippen LogP contribution in [0.1, 0.15) is 68.7 Å². The van der Waals surface area contributed by atoms with Crippen LogP contribution in [0.4, 0.5) is 5.13 Å². The molecule has 7 heteroatoms. The van der Waals surface area contributed by atoms with Crippen molar-refractivity contribution < 1.29 is 9.59 Å². The van der Waals surface area contributed by atoms with Crippen LogP contribution in [0.15, 0.2) is 0 Å². The molecular weight excluding hydrogens is 324 g/mol. The van der Waals surface area contributed by atoms with Crippen molar-refractivity contribution in [1.82, 2.24) is 15.1 Å². The van der Waals surface area contributed by atoms with Crippen molar-refractivity contribution in [3.63, 3.8) is 0 Å². The Balaban J connectivity index is 1.42. The number of amides is 2. The van der Waals surface area contributed by atoms with Gasteiger partial charge in [0.2, 0.25) is 16.9 Å². The van der Waals surface area contributed by atoms with Crippen molar-refractivity contribution in [3.05, 3.63) is 5.01 Å². The second kappa shape index (κ2) is 6.78. The predicted octanol–water partition coefficient (Wildman–Crippen LogP) is 2.93. The van der Waals surface area contributed by atoms with Crippen molar-refractivity contribution in [2.75, 3.05) is 11.9 Å². The third-order valence-corrected chi connectivity index (χ3v) is 6.39. The lowest BCUT2D eigenvalue weighted by atomic mass is 9.97. The molecule has 2 heterocycles. The Morgan fingerprint density at radius 2 is 1.75 bits per heavy atom. The van der Waals surface area contributed by atoms with Crippen LogP contribution in [-0.4, -0.2) is 39.5 Å². The fourth-order valence-corrected chi connectivity index (χ4v) is 4.76. The Kier molecular flexibility index (Phi) is 4.52. The average molecular weight is 348 g/mol. The standard InChI is InChI=1S/C17H24N4O2S/c22-14(18-17-20-19-15(24-17)11-8-9-11)13-7-3-4-10-21(13)16(23)12-5-1-2-6-12/h11-13H,1-10H2,(H,18,20,22)/t13-/m1/s1. The molecular formula is C17H24N4O2S. The van der Waals surface area contributed by atoms with Crippen LogP contribution in [0, 0.1) is 5.92 Å². The van der Waals surface area contributed by atoms with Crippen molar-refractivity contribution in [3.8, 4) is 0 Å². The van der Waals surface area contributed by atoms with Crippen molar-refractivity contribution in [2.24, 2.45) is 5.92 Å². The zero-order valence-electron chi connectivity index (χ0n) is 13.9. The van der Waals surface area contributed by atoms with Gasteiger partial charge in [0.15, 0.2) is 0 Å². The summed E-state index contributed by atoms with van der Waals surface area (Å²) in [5.74, 6) is 0.757. The fraction of sp³-hybridized carbons (Fsp3) is 0.765. The summed E-state index contributed by atoms with van der Waals surface area (Å²) in [6.45, 7) is 0.705. The van der Waals surface area contributed by atoms with E-state index in [1.807, 2.05) is 4.90 Å². The van der Waals surface area contributed by atoms with Gasteiger partial charge in [0.05, 0.1) is 0 Å². The molecule has 3 fully saturated rings. The van der Waals surface area contributed by atoms with Crippen LogP contribution >= 0.6 is 11.3 Å². The second-order valence-corrected chi connectivity index (χ2v) is 8.24. The van der Waals surface area contributed by atoms with Crippen LogP contribution < -0.4 is 5.32 Å². The van der Waals surface area contributed by atoms with Crippen molar-refractivity contribution in [2.45, 2.75) is 69.7 Å². The number of hydrogen-bond acceptors (Lipinski definition) is 5. The molecule has 24 heavy (non-hydrogen) atoms. The minimum atomic E-state index is -0.347. The van der Waals surface area contributed by atoms with E-state index in [9.17, 15) is 9.59 Å². The largest absolute Gasteiger partial charge is 0.330 e. The molecule has 1 N–H and O–H groups in total. The third-order valence-electron chi connectivity index (χ3n) is 5.39. The quantitative estimate of drug-likeness (QED) is 0.908. The molecule has 130 valence electrons. The van der Waals surface area contributed by atoms with Gasteiger partial charge >= 0.3 is 0 Å². The number of hydrogen-bond donors (Lipinski definition) is 1. The minimum Gasteiger partial charge on any atom is -0.330 e. The molecule has 3 aliphatic rings. The Morgan fingerprint density at radius 1 is 1.00 bits per heavy atom. The summed E-state index contributed by atoms with van der Waals surface area (Å²) in [6.07, 6.45) is 9.31. The van der Waals surface area contributed by atoms with Gasteiger partial charge in [-0.25, -0.2) is 0 Å². The highest BCUT2D eigenvalue weighted by molar-refractivity contribution is 7.15. The van der Waals surface area contributed by atoms with Gasteiger partial charge in [-0.05, 0) is 44.9 Å². The van der Waals surface area contributed by atoms with Gasteiger partial charge in [0, 0.05) is 18.4 Å². The maximum atomic E-state index is 12.8. The first-order valence-electron chi connectivity index (χ1n) is 9.17. The molecule has 2 saturated carbocycles. The Hall–Kier alpha value is -1.50. The lowest BCUT2D eigenvalue weighted by molar-refractivity contribution is -0.143. The van der Waals surface area contributed by atoms with E-state index in [-0.39, 0.29) is 23.8 Å². The summed E-state index contributed by atoms with van der Waals surface area (Å²) in [7, 11) is 0. The molecule has 1 atom stereocenters. The summed E-state index contributed by atoms with van der Waals surface area (Å²) in [5.41, 5.74) is 0. The minimum absolute atomic E-state index is 0.0976. The van der Waals surface area contributed by atoms with Gasteiger partial charge in [-0.3, -0.25) is 14.9 Å². The number of carbonyl (C=O) groups excluding carboxylic acids is 2. The van der Waals surface area contributed by atoms with Gasteiger partial charge in [-0.2, -0.15) is 0 Å². The highest BCUT2D eigenvalue weighted by Gasteiger charge is 2.36. The zero-order chi connectivity index (χ0) is 16.5. The van der Waals surface area contributed by atoms with E-state index >= 15 is 0 Å². The Bertz CT molecular complexity index is 622. The molecule has 4 rings (SSSR count). The number of nitrogens with zero attached hydrogens (tertiary/aromatic N) is 3. The topological polar surface area (TPSA) is 75.2 Å². The number of carbonyl (C=O) groups is 2. The molecule has 0 spiro atoms. The molecule has 1 aromatic rings. The van der Waals surface area contributed by atoms with Crippen LogP contribution in [0.3, 0.4) is 0 Å². The number of anilines is 1. The van der Waals surface area contributed by atoms with E-state index < -0.39 is 0 Å². The first kappa shape index (κ1) is 16.0. The number of likely N-dealkylation sites (tertiary alicyclic amines) is 1. The van der Waals surface area contributed by atoms with E-state index in [0.717, 1.165) is 50.0 Å². The summed E-state index contributed by atoms with van der Waals surface area (Å²) < 4.78 is 0. The number of aromatic nitrogens is 2. The van der Waals surface area contributed by atoms with E-state index in [1.165, 1.54) is 24.2 Å². The Morgan fingerprint density at radius 3 is 2.50 bits per heavy atom. The predicted molar refractivity (Wildman–Crippen MR) is 91.8 cm³/mol. The SMILES string of the molecule is O=C(Nc1nnc(C2CC2)s1)[C@H]1CCCCN1C(=O)C1CCCC1. The van der Waals surface area contributed by atoms with Crippen LogP contribution in [0.2, 0.25) is 0 Å². The van der Waals surface area contributed by atoms with E-state index in [1.54, 1.807) is 0 Å². The molecule has 2 amide bonds. The Labute approximate surface area is 146 Å². The van der Waals surface area contributed by atoms with Gasteiger partial charge in [0.1, 0.15) is 11.0 Å². The number of rotatable bonds is 4. The van der Waals surface area contributed by atoms with E-state index in [2.05, 4.69) is 15.5 Å². The summed E-state index contributed by atoms with van der Waals surface area (Å²) in [4.78, 5) is 27.3. The molecule has 0 unspecified atom stereocenters. The second-order valence-electron chi connectivity index (χ2n) is 7.23. The lowest BCUT2D eigenvalue weighted by Gasteiger charge is -2.36. The fourth-order valence-electron chi connectivity index (χ4n) is 3.84. The van der Waals surface area contributed by atoms with Crippen molar-refractivity contribution >= 4 is 28.3 Å². The lowest BCUT2D eigenvalue weighted by Crippen LogP contribution is -2.51. The van der Waals surface area contributed by atoms with Gasteiger partial charge in [-0.1, -0.05) is 24.2 Å². The maximum Gasteiger partial charge on any atom is 0.249 e. The van der Waals surface area contributed by atoms with Crippen LogP contribution in [-0.2, 0) is 9.59 Å². The third kappa shape index (κ3) is 3.31. The highest BCUT2D eigenvalue weighted by atomic mass is 32.1. The van der Waals surface area contributed by atoms with Gasteiger partial charge in [0.25, 0.3) is 0 Å². The van der Waals surface area contributed by atoms with E-state index in [4.69, 9.17) is 0 Å². The van der Waals surface area contributed by atoms with Gasteiger partial charge < -0.3 is 4.90 Å². The highest BCUT2D eigenvalue weighted by Crippen LogP contribution is 2.42.